The van der Waals surface area contributed by atoms with E-state index in [4.69, 9.17) is 33.2 Å². The van der Waals surface area contributed by atoms with Crippen molar-refractivity contribution in [3.8, 4) is 0 Å². The summed E-state index contributed by atoms with van der Waals surface area (Å²) in [6.45, 7) is 8.73. The van der Waals surface area contributed by atoms with Crippen LogP contribution in [-0.4, -0.2) is 49.4 Å². The quantitative estimate of drug-likeness (QED) is 0.356. The highest BCUT2D eigenvalue weighted by molar-refractivity contribution is 6.60. The smallest absolute Gasteiger partial charge is 0.468 e. The molecule has 0 bridgehead atoms. The first-order chi connectivity index (χ1) is 14.2. The molecule has 0 spiro atoms. The van der Waals surface area contributed by atoms with E-state index < -0.39 is 19.0 Å². The monoisotopic (exact) mass is 450 g/mol. The molecule has 7 nitrogen and oxygen atoms in total. The fraction of sp³-hybridized carbons (Fsp3) is 0.150. The largest absolute Gasteiger partial charge is 0.490 e. The Balaban J connectivity index is 0.000000303. The SMILES string of the molecule is C=Cc1c(C)ccc(B(O)O)c1N=C.COC(=O)CNC(=O)c1c(Cl)cccc1Cl. The van der Waals surface area contributed by atoms with Gasteiger partial charge in [-0.1, -0.05) is 54.1 Å². The first kappa shape index (κ1) is 25.4. The van der Waals surface area contributed by atoms with Crippen LogP contribution in [0.25, 0.3) is 6.08 Å². The summed E-state index contributed by atoms with van der Waals surface area (Å²) in [5, 5.41) is 21.0. The molecule has 0 fully saturated rings. The molecule has 0 unspecified atom stereocenters. The lowest BCUT2D eigenvalue weighted by Crippen LogP contribution is -2.30. The molecule has 158 valence electrons. The van der Waals surface area contributed by atoms with Gasteiger partial charge in [0, 0.05) is 11.0 Å². The summed E-state index contributed by atoms with van der Waals surface area (Å²) in [5.41, 5.74) is 2.74. The van der Waals surface area contributed by atoms with Crippen LogP contribution in [0.1, 0.15) is 21.5 Å². The standard InChI is InChI=1S/C10H12BNO2.C10H9Cl2NO3/c1-4-8-7(2)5-6-9(11(13)14)10(8)12-3;1-16-8(14)5-13-10(15)9-6(11)3-2-4-7(9)12/h4-6,13-14H,1,3H2,2H3;2-4H,5H2,1H3,(H,13,15). The van der Waals surface area contributed by atoms with Gasteiger partial charge in [-0.2, -0.15) is 0 Å². The van der Waals surface area contributed by atoms with Gasteiger partial charge in [0.15, 0.2) is 0 Å². The third-order valence-corrected chi connectivity index (χ3v) is 4.55. The van der Waals surface area contributed by atoms with E-state index in [2.05, 4.69) is 28.3 Å². The lowest BCUT2D eigenvalue weighted by Gasteiger charge is -2.10. The molecule has 0 aliphatic rings. The summed E-state index contributed by atoms with van der Waals surface area (Å²) in [6.07, 6.45) is 1.63. The molecule has 3 N–H and O–H groups in total. The zero-order chi connectivity index (χ0) is 22.8. The molecular weight excluding hydrogens is 430 g/mol. The van der Waals surface area contributed by atoms with Crippen molar-refractivity contribution in [3.63, 3.8) is 0 Å². The fourth-order valence-electron chi connectivity index (χ4n) is 2.40. The molecule has 0 aromatic heterocycles. The minimum Gasteiger partial charge on any atom is -0.468 e. The molecule has 0 saturated heterocycles. The maximum Gasteiger partial charge on any atom is 0.490 e. The van der Waals surface area contributed by atoms with Crippen LogP contribution in [-0.2, 0) is 9.53 Å². The van der Waals surface area contributed by atoms with E-state index in [-0.39, 0.29) is 22.2 Å². The van der Waals surface area contributed by atoms with Gasteiger partial charge in [-0.05, 0) is 31.3 Å². The van der Waals surface area contributed by atoms with E-state index in [0.29, 0.717) is 11.2 Å². The van der Waals surface area contributed by atoms with Crippen LogP contribution in [0, 0.1) is 6.92 Å². The number of benzene rings is 2. The van der Waals surface area contributed by atoms with Crippen molar-refractivity contribution in [2.24, 2.45) is 4.99 Å². The van der Waals surface area contributed by atoms with Gasteiger partial charge in [-0.15, -0.1) is 0 Å². The molecule has 2 aromatic carbocycles. The number of nitrogens with one attached hydrogen (secondary N) is 1. The number of hydrogen-bond acceptors (Lipinski definition) is 6. The minimum atomic E-state index is -1.53. The van der Waals surface area contributed by atoms with Gasteiger partial charge in [0.25, 0.3) is 5.91 Å². The average Bonchev–Trinajstić information content (AvgIpc) is 2.71. The van der Waals surface area contributed by atoms with Crippen molar-refractivity contribution >= 4 is 66.1 Å². The number of ether oxygens (including phenoxy) is 1. The Labute approximate surface area is 185 Å². The molecule has 0 saturated carbocycles. The summed E-state index contributed by atoms with van der Waals surface area (Å²) in [5.74, 6) is -1.06. The molecule has 30 heavy (non-hydrogen) atoms. The number of methoxy groups -OCH3 is 1. The lowest BCUT2D eigenvalue weighted by molar-refractivity contribution is -0.139. The van der Waals surface area contributed by atoms with E-state index in [1.165, 1.54) is 7.11 Å². The van der Waals surface area contributed by atoms with Crippen LogP contribution in [0.2, 0.25) is 10.0 Å². The Hall–Kier alpha value is -2.65. The molecular formula is C20H21BCl2N2O5. The summed E-state index contributed by atoms with van der Waals surface area (Å²) in [4.78, 5) is 26.2. The molecule has 0 heterocycles. The van der Waals surface area contributed by atoms with Crippen LogP contribution < -0.4 is 10.8 Å². The highest BCUT2D eigenvalue weighted by Crippen LogP contribution is 2.24. The highest BCUT2D eigenvalue weighted by atomic mass is 35.5. The van der Waals surface area contributed by atoms with Crippen molar-refractivity contribution in [1.29, 1.82) is 0 Å². The Kier molecular flexibility index (Phi) is 10.3. The number of carbonyl (C=O) groups is 2. The number of halogens is 2. The topological polar surface area (TPSA) is 108 Å². The second-order valence-corrected chi connectivity index (χ2v) is 6.64. The number of aliphatic imine (C=N–C) groups is 1. The number of nitrogens with zero attached hydrogens (tertiary/aromatic N) is 1. The molecule has 2 aromatic rings. The van der Waals surface area contributed by atoms with Crippen LogP contribution >= 0.6 is 23.2 Å². The van der Waals surface area contributed by atoms with E-state index in [9.17, 15) is 9.59 Å². The number of hydrogen-bond donors (Lipinski definition) is 3. The molecule has 1 amide bonds. The Morgan fingerprint density at radius 2 is 1.83 bits per heavy atom. The zero-order valence-corrected chi connectivity index (χ0v) is 18.0. The van der Waals surface area contributed by atoms with Crippen LogP contribution in [0.5, 0.6) is 0 Å². The van der Waals surface area contributed by atoms with Gasteiger partial charge >= 0.3 is 13.1 Å². The van der Waals surface area contributed by atoms with Crippen molar-refractivity contribution in [2.45, 2.75) is 6.92 Å². The molecule has 2 rings (SSSR count). The van der Waals surface area contributed by atoms with Crippen molar-refractivity contribution in [1.82, 2.24) is 5.32 Å². The lowest BCUT2D eigenvalue weighted by atomic mass is 9.77. The maximum absolute atomic E-state index is 11.6. The fourth-order valence-corrected chi connectivity index (χ4v) is 2.97. The van der Waals surface area contributed by atoms with Crippen molar-refractivity contribution < 1.29 is 24.4 Å². The molecule has 0 radical (unpaired) electrons. The normalized spacial score (nSPS) is 9.67. The van der Waals surface area contributed by atoms with E-state index in [0.717, 1.165) is 11.1 Å². The van der Waals surface area contributed by atoms with Gasteiger partial charge in [0.05, 0.1) is 28.4 Å². The predicted molar refractivity (Wildman–Crippen MR) is 121 cm³/mol. The number of amides is 1. The minimum absolute atomic E-state index is 0.148. The Morgan fingerprint density at radius 3 is 2.30 bits per heavy atom. The van der Waals surface area contributed by atoms with E-state index in [1.807, 2.05) is 6.92 Å². The van der Waals surface area contributed by atoms with Crippen LogP contribution in [0.4, 0.5) is 5.69 Å². The average molecular weight is 451 g/mol. The first-order valence-corrected chi connectivity index (χ1v) is 9.31. The third-order valence-electron chi connectivity index (χ3n) is 3.92. The van der Waals surface area contributed by atoms with E-state index in [1.54, 1.807) is 36.4 Å². The first-order valence-electron chi connectivity index (χ1n) is 8.55. The van der Waals surface area contributed by atoms with Gasteiger partial charge < -0.3 is 20.1 Å². The van der Waals surface area contributed by atoms with Gasteiger partial charge in [-0.25, -0.2) is 0 Å². The van der Waals surface area contributed by atoms with Gasteiger partial charge in [0.1, 0.15) is 6.54 Å². The Morgan fingerprint density at radius 1 is 1.23 bits per heavy atom. The second kappa shape index (κ2) is 12.1. The summed E-state index contributed by atoms with van der Waals surface area (Å²) in [6, 6.07) is 8.13. The Bertz CT molecular complexity index is 931. The summed E-state index contributed by atoms with van der Waals surface area (Å²) in [7, 11) is -0.299. The van der Waals surface area contributed by atoms with Gasteiger partial charge in [-0.3, -0.25) is 14.6 Å². The molecule has 0 atom stereocenters. The number of rotatable bonds is 6. The molecule has 10 heteroatoms. The number of carbonyl (C=O) groups excluding carboxylic acids is 2. The van der Waals surface area contributed by atoms with Crippen LogP contribution in [0.3, 0.4) is 0 Å². The van der Waals surface area contributed by atoms with E-state index >= 15 is 0 Å². The van der Waals surface area contributed by atoms with Gasteiger partial charge in [0.2, 0.25) is 0 Å². The number of esters is 1. The maximum atomic E-state index is 11.6. The molecule has 0 aliphatic heterocycles. The molecule has 0 aliphatic carbocycles. The van der Waals surface area contributed by atoms with Crippen molar-refractivity contribution in [3.05, 3.63) is 63.6 Å². The summed E-state index contributed by atoms with van der Waals surface area (Å²) < 4.78 is 4.38. The number of aryl methyl sites for hydroxylation is 1. The van der Waals surface area contributed by atoms with Crippen LogP contribution in [0.15, 0.2) is 41.9 Å². The predicted octanol–water partition coefficient (Wildman–Crippen LogP) is 2.55. The third kappa shape index (κ3) is 6.71. The zero-order valence-electron chi connectivity index (χ0n) is 16.5. The highest BCUT2D eigenvalue weighted by Gasteiger charge is 2.18. The second-order valence-electron chi connectivity index (χ2n) is 5.83. The van der Waals surface area contributed by atoms with Crippen molar-refractivity contribution in [2.75, 3.05) is 13.7 Å². The summed E-state index contributed by atoms with van der Waals surface area (Å²) >= 11 is 11.6.